The first-order valence-electron chi connectivity index (χ1n) is 5.86. The zero-order valence-corrected chi connectivity index (χ0v) is 11.5. The van der Waals surface area contributed by atoms with E-state index in [-0.39, 0.29) is 0 Å². The van der Waals surface area contributed by atoms with E-state index in [2.05, 4.69) is 43.1 Å². The van der Waals surface area contributed by atoms with Crippen molar-refractivity contribution in [2.24, 2.45) is 5.92 Å². The molecular formula is C12H15BrN2S. The SMILES string of the molecule is BrC1CCCC(Cc2cn3ccsc3n2)C1. The van der Waals surface area contributed by atoms with Crippen molar-refractivity contribution in [1.29, 1.82) is 0 Å². The highest BCUT2D eigenvalue weighted by Crippen LogP contribution is 2.31. The zero-order chi connectivity index (χ0) is 11.0. The van der Waals surface area contributed by atoms with Crippen LogP contribution in [0.15, 0.2) is 17.8 Å². The van der Waals surface area contributed by atoms with Crippen LogP contribution in [0.5, 0.6) is 0 Å². The minimum Gasteiger partial charge on any atom is -0.297 e. The molecule has 2 heterocycles. The van der Waals surface area contributed by atoms with Gasteiger partial charge in [-0.25, -0.2) is 4.98 Å². The van der Waals surface area contributed by atoms with Crippen molar-refractivity contribution >= 4 is 32.2 Å². The Bertz CT molecular complexity index is 448. The quantitative estimate of drug-likeness (QED) is 0.769. The predicted octanol–water partition coefficient (Wildman–Crippen LogP) is 3.89. The summed E-state index contributed by atoms with van der Waals surface area (Å²) in [5.41, 5.74) is 1.26. The number of nitrogens with zero attached hydrogens (tertiary/aromatic N) is 2. The van der Waals surface area contributed by atoms with Crippen LogP contribution in [0.1, 0.15) is 31.4 Å². The first-order chi connectivity index (χ1) is 7.81. The van der Waals surface area contributed by atoms with Crippen molar-refractivity contribution in [3.8, 4) is 0 Å². The maximum absolute atomic E-state index is 4.66. The Morgan fingerprint density at radius 3 is 3.25 bits per heavy atom. The summed E-state index contributed by atoms with van der Waals surface area (Å²) in [5.74, 6) is 0.822. The molecule has 2 aromatic rings. The molecule has 0 radical (unpaired) electrons. The number of hydrogen-bond acceptors (Lipinski definition) is 2. The lowest BCUT2D eigenvalue weighted by Crippen LogP contribution is -2.17. The number of hydrogen-bond donors (Lipinski definition) is 0. The topological polar surface area (TPSA) is 17.3 Å². The Labute approximate surface area is 108 Å². The Morgan fingerprint density at radius 2 is 2.44 bits per heavy atom. The van der Waals surface area contributed by atoms with E-state index in [4.69, 9.17) is 0 Å². The van der Waals surface area contributed by atoms with Gasteiger partial charge in [0.2, 0.25) is 0 Å². The molecule has 3 rings (SSSR count). The molecule has 0 bridgehead atoms. The summed E-state index contributed by atoms with van der Waals surface area (Å²) in [6, 6.07) is 0. The number of halogens is 1. The molecule has 86 valence electrons. The van der Waals surface area contributed by atoms with Gasteiger partial charge >= 0.3 is 0 Å². The van der Waals surface area contributed by atoms with E-state index in [1.807, 2.05) is 0 Å². The first kappa shape index (κ1) is 10.8. The van der Waals surface area contributed by atoms with Gasteiger partial charge in [0.1, 0.15) is 0 Å². The molecule has 1 saturated carbocycles. The average Bonchev–Trinajstić information content (AvgIpc) is 2.77. The van der Waals surface area contributed by atoms with E-state index in [9.17, 15) is 0 Å². The Kier molecular flexibility index (Phi) is 3.03. The van der Waals surface area contributed by atoms with Crippen LogP contribution in [0.3, 0.4) is 0 Å². The van der Waals surface area contributed by atoms with Crippen LogP contribution in [0.4, 0.5) is 0 Å². The van der Waals surface area contributed by atoms with Crippen molar-refractivity contribution < 1.29 is 0 Å². The third-order valence-electron chi connectivity index (χ3n) is 3.36. The Hall–Kier alpha value is -0.350. The van der Waals surface area contributed by atoms with Crippen LogP contribution in [0.25, 0.3) is 4.96 Å². The lowest BCUT2D eigenvalue weighted by Gasteiger charge is -2.24. The lowest BCUT2D eigenvalue weighted by atomic mass is 9.86. The first-order valence-corrected chi connectivity index (χ1v) is 7.66. The average molecular weight is 299 g/mol. The van der Waals surface area contributed by atoms with Gasteiger partial charge in [-0.1, -0.05) is 22.4 Å². The largest absolute Gasteiger partial charge is 0.297 e. The maximum atomic E-state index is 4.66. The van der Waals surface area contributed by atoms with Crippen LogP contribution in [0, 0.1) is 5.92 Å². The molecule has 2 unspecified atom stereocenters. The second kappa shape index (κ2) is 4.49. The van der Waals surface area contributed by atoms with Crippen molar-refractivity contribution in [2.45, 2.75) is 36.9 Å². The Balaban J connectivity index is 1.71. The molecule has 2 aromatic heterocycles. The molecule has 0 aromatic carbocycles. The highest BCUT2D eigenvalue weighted by Gasteiger charge is 2.21. The van der Waals surface area contributed by atoms with Gasteiger partial charge in [-0.05, 0) is 31.6 Å². The molecule has 4 heteroatoms. The number of aromatic nitrogens is 2. The fourth-order valence-corrected chi connectivity index (χ4v) is 4.15. The molecule has 1 aliphatic rings. The number of rotatable bonds is 2. The van der Waals surface area contributed by atoms with Crippen LogP contribution in [-0.4, -0.2) is 14.2 Å². The summed E-state index contributed by atoms with van der Waals surface area (Å²) in [6.07, 6.45) is 10.8. The van der Waals surface area contributed by atoms with Gasteiger partial charge in [0.05, 0.1) is 5.69 Å². The second-order valence-corrected chi connectivity index (χ2v) is 6.83. The molecule has 16 heavy (non-hydrogen) atoms. The summed E-state index contributed by atoms with van der Waals surface area (Å²) in [7, 11) is 0. The third kappa shape index (κ3) is 2.18. The fourth-order valence-electron chi connectivity index (χ4n) is 2.58. The summed E-state index contributed by atoms with van der Waals surface area (Å²) in [5, 5.41) is 2.08. The van der Waals surface area contributed by atoms with Crippen molar-refractivity contribution in [3.63, 3.8) is 0 Å². The minimum absolute atomic E-state index is 0.731. The summed E-state index contributed by atoms with van der Waals surface area (Å²) >= 11 is 5.46. The van der Waals surface area contributed by atoms with Gasteiger partial charge < -0.3 is 0 Å². The van der Waals surface area contributed by atoms with Gasteiger partial charge in [-0.3, -0.25) is 4.40 Å². The predicted molar refractivity (Wildman–Crippen MR) is 71.4 cm³/mol. The third-order valence-corrected chi connectivity index (χ3v) is 4.96. The van der Waals surface area contributed by atoms with Crippen molar-refractivity contribution in [2.75, 3.05) is 0 Å². The fraction of sp³-hybridized carbons (Fsp3) is 0.583. The molecular weight excluding hydrogens is 284 g/mol. The lowest BCUT2D eigenvalue weighted by molar-refractivity contribution is 0.366. The van der Waals surface area contributed by atoms with Crippen LogP contribution in [0.2, 0.25) is 0 Å². The standard InChI is InChI=1S/C12H15BrN2S/c13-10-3-1-2-9(6-10)7-11-8-15-4-5-16-12(15)14-11/h4-5,8-10H,1-3,6-7H2. The van der Waals surface area contributed by atoms with E-state index in [0.717, 1.165) is 22.1 Å². The molecule has 1 aliphatic carbocycles. The molecule has 0 amide bonds. The van der Waals surface area contributed by atoms with E-state index in [1.165, 1.54) is 31.4 Å². The van der Waals surface area contributed by atoms with Gasteiger partial charge in [0, 0.05) is 22.6 Å². The number of fused-ring (bicyclic) bond motifs is 1. The van der Waals surface area contributed by atoms with Gasteiger partial charge in [-0.2, -0.15) is 0 Å². The molecule has 0 saturated heterocycles. The van der Waals surface area contributed by atoms with E-state index < -0.39 is 0 Å². The molecule has 2 atom stereocenters. The monoisotopic (exact) mass is 298 g/mol. The number of thiazole rings is 1. The zero-order valence-electron chi connectivity index (χ0n) is 9.10. The summed E-state index contributed by atoms with van der Waals surface area (Å²) in [4.78, 5) is 6.52. The van der Waals surface area contributed by atoms with E-state index in [0.29, 0.717) is 0 Å². The smallest absolute Gasteiger partial charge is 0.193 e. The number of alkyl halides is 1. The molecule has 0 aliphatic heterocycles. The molecule has 1 fully saturated rings. The van der Waals surface area contributed by atoms with Crippen LogP contribution in [-0.2, 0) is 6.42 Å². The van der Waals surface area contributed by atoms with Crippen LogP contribution < -0.4 is 0 Å². The number of imidazole rings is 1. The van der Waals surface area contributed by atoms with E-state index in [1.54, 1.807) is 11.3 Å². The summed E-state index contributed by atoms with van der Waals surface area (Å²) < 4.78 is 2.13. The highest BCUT2D eigenvalue weighted by molar-refractivity contribution is 9.09. The van der Waals surface area contributed by atoms with Gasteiger partial charge in [0.15, 0.2) is 4.96 Å². The van der Waals surface area contributed by atoms with Crippen LogP contribution >= 0.6 is 27.3 Å². The highest BCUT2D eigenvalue weighted by atomic mass is 79.9. The second-order valence-electron chi connectivity index (χ2n) is 4.66. The van der Waals surface area contributed by atoms with Crippen molar-refractivity contribution in [1.82, 2.24) is 9.38 Å². The minimum atomic E-state index is 0.731. The molecule has 0 N–H and O–H groups in total. The molecule has 0 spiro atoms. The van der Waals surface area contributed by atoms with Crippen molar-refractivity contribution in [3.05, 3.63) is 23.5 Å². The molecule has 2 nitrogen and oxygen atoms in total. The normalized spacial score (nSPS) is 26.3. The van der Waals surface area contributed by atoms with Gasteiger partial charge in [-0.15, -0.1) is 11.3 Å². The Morgan fingerprint density at radius 1 is 1.50 bits per heavy atom. The van der Waals surface area contributed by atoms with Gasteiger partial charge in [0.25, 0.3) is 0 Å². The van der Waals surface area contributed by atoms with E-state index >= 15 is 0 Å². The summed E-state index contributed by atoms with van der Waals surface area (Å²) in [6.45, 7) is 0. The maximum Gasteiger partial charge on any atom is 0.193 e.